The summed E-state index contributed by atoms with van der Waals surface area (Å²) in [5.41, 5.74) is 0.878. The molecular formula is C15H21N3O3. The molecule has 0 bridgehead atoms. The molecule has 21 heavy (non-hydrogen) atoms. The molecule has 0 spiro atoms. The van der Waals surface area contributed by atoms with Gasteiger partial charge < -0.3 is 10.0 Å². The molecule has 1 aliphatic rings. The van der Waals surface area contributed by atoms with Crippen LogP contribution in [0.5, 0.6) is 0 Å². The zero-order valence-electron chi connectivity index (χ0n) is 12.2. The molecule has 1 atom stereocenters. The normalized spacial score (nSPS) is 19.1. The Balaban J connectivity index is 1.88. The van der Waals surface area contributed by atoms with Crippen LogP contribution in [0.2, 0.25) is 0 Å². The number of rotatable bonds is 5. The van der Waals surface area contributed by atoms with Crippen molar-refractivity contribution in [1.82, 2.24) is 14.7 Å². The summed E-state index contributed by atoms with van der Waals surface area (Å²) in [6, 6.07) is 1.84. The summed E-state index contributed by atoms with van der Waals surface area (Å²) in [7, 11) is 1.83. The van der Waals surface area contributed by atoms with E-state index in [1.165, 1.54) is 0 Å². The number of aliphatic carboxylic acids is 1. The zero-order chi connectivity index (χ0) is 15.2. The highest BCUT2D eigenvalue weighted by Gasteiger charge is 2.22. The molecule has 0 aliphatic carbocycles. The lowest BCUT2D eigenvalue weighted by molar-refractivity contribution is -0.137. The Labute approximate surface area is 124 Å². The molecule has 0 radical (unpaired) electrons. The van der Waals surface area contributed by atoms with Gasteiger partial charge in [0.1, 0.15) is 0 Å². The average Bonchev–Trinajstić information content (AvgIpc) is 2.88. The van der Waals surface area contributed by atoms with Gasteiger partial charge in [0.2, 0.25) is 5.91 Å². The van der Waals surface area contributed by atoms with E-state index in [-0.39, 0.29) is 12.3 Å². The Morgan fingerprint density at radius 3 is 3.00 bits per heavy atom. The molecular weight excluding hydrogens is 270 g/mol. The van der Waals surface area contributed by atoms with Gasteiger partial charge in [0.25, 0.3) is 0 Å². The largest absolute Gasteiger partial charge is 0.481 e. The first kappa shape index (κ1) is 15.3. The maximum absolute atomic E-state index is 12.2. The molecule has 1 amide bonds. The molecule has 2 rings (SSSR count). The molecule has 1 saturated heterocycles. The molecule has 1 aromatic rings. The molecule has 6 heteroatoms. The predicted molar refractivity (Wildman–Crippen MR) is 78.4 cm³/mol. The number of piperidine rings is 1. The molecule has 114 valence electrons. The van der Waals surface area contributed by atoms with Crippen molar-refractivity contribution in [2.24, 2.45) is 13.0 Å². The molecule has 6 nitrogen and oxygen atoms in total. The van der Waals surface area contributed by atoms with E-state index in [1.54, 1.807) is 23.0 Å². The van der Waals surface area contributed by atoms with Crippen LogP contribution in [-0.4, -0.2) is 44.8 Å². The lowest BCUT2D eigenvalue weighted by Crippen LogP contribution is -2.39. The minimum absolute atomic E-state index is 0.0174. The third kappa shape index (κ3) is 4.44. The number of carbonyl (C=O) groups excluding carboxylic acids is 1. The van der Waals surface area contributed by atoms with Crippen LogP contribution in [-0.2, 0) is 16.6 Å². The molecule has 1 aliphatic heterocycles. The number of amides is 1. The molecule has 0 saturated carbocycles. The molecule has 1 aromatic heterocycles. The van der Waals surface area contributed by atoms with Crippen molar-refractivity contribution in [1.29, 1.82) is 0 Å². The van der Waals surface area contributed by atoms with E-state index in [0.29, 0.717) is 18.9 Å². The molecule has 1 fully saturated rings. The number of aryl methyl sites for hydroxylation is 1. The summed E-state index contributed by atoms with van der Waals surface area (Å²) in [5, 5.41) is 12.8. The van der Waals surface area contributed by atoms with Gasteiger partial charge in [-0.15, -0.1) is 0 Å². The van der Waals surface area contributed by atoms with E-state index in [9.17, 15) is 9.59 Å². The SMILES string of the molecule is Cn1nccc1/C=C\C(=O)N1CCC[C@@H](CCC(=O)O)C1. The summed E-state index contributed by atoms with van der Waals surface area (Å²) < 4.78 is 1.70. The monoisotopic (exact) mass is 291 g/mol. The summed E-state index contributed by atoms with van der Waals surface area (Å²) in [4.78, 5) is 24.6. The van der Waals surface area contributed by atoms with Crippen molar-refractivity contribution >= 4 is 18.0 Å². The Morgan fingerprint density at radius 2 is 2.33 bits per heavy atom. The van der Waals surface area contributed by atoms with Crippen LogP contribution >= 0.6 is 0 Å². The fourth-order valence-electron chi connectivity index (χ4n) is 2.64. The fourth-order valence-corrected chi connectivity index (χ4v) is 2.64. The Hall–Kier alpha value is -2.11. The van der Waals surface area contributed by atoms with Gasteiger partial charge >= 0.3 is 5.97 Å². The smallest absolute Gasteiger partial charge is 0.303 e. The van der Waals surface area contributed by atoms with Gasteiger partial charge in [-0.25, -0.2) is 0 Å². The van der Waals surface area contributed by atoms with Crippen molar-refractivity contribution < 1.29 is 14.7 Å². The zero-order valence-corrected chi connectivity index (χ0v) is 12.2. The topological polar surface area (TPSA) is 75.4 Å². The van der Waals surface area contributed by atoms with Gasteiger partial charge in [-0.3, -0.25) is 14.3 Å². The van der Waals surface area contributed by atoms with Crippen molar-refractivity contribution in [3.63, 3.8) is 0 Å². The second-order valence-electron chi connectivity index (χ2n) is 5.44. The van der Waals surface area contributed by atoms with E-state index < -0.39 is 5.97 Å². The Bertz CT molecular complexity index is 536. The van der Waals surface area contributed by atoms with Crippen LogP contribution in [0, 0.1) is 5.92 Å². The summed E-state index contributed by atoms with van der Waals surface area (Å²) in [6.45, 7) is 1.40. The first-order valence-corrected chi connectivity index (χ1v) is 7.23. The van der Waals surface area contributed by atoms with E-state index in [4.69, 9.17) is 5.11 Å². The van der Waals surface area contributed by atoms with Gasteiger partial charge in [0.15, 0.2) is 0 Å². The summed E-state index contributed by atoms with van der Waals surface area (Å²) >= 11 is 0. The van der Waals surface area contributed by atoms with Crippen molar-refractivity contribution in [3.8, 4) is 0 Å². The second-order valence-corrected chi connectivity index (χ2v) is 5.44. The number of carboxylic acids is 1. The predicted octanol–water partition coefficient (Wildman–Crippen LogP) is 1.54. The quantitative estimate of drug-likeness (QED) is 0.835. The van der Waals surface area contributed by atoms with Crippen molar-refractivity contribution in [2.75, 3.05) is 13.1 Å². The average molecular weight is 291 g/mol. The minimum Gasteiger partial charge on any atom is -0.481 e. The van der Waals surface area contributed by atoms with Crippen LogP contribution in [0.15, 0.2) is 18.3 Å². The maximum atomic E-state index is 12.2. The third-order valence-electron chi connectivity index (χ3n) is 3.85. The molecule has 1 N–H and O–H groups in total. The summed E-state index contributed by atoms with van der Waals surface area (Å²) in [6.07, 6.45) is 7.78. The van der Waals surface area contributed by atoms with Gasteiger partial charge in [0.05, 0.1) is 5.69 Å². The van der Waals surface area contributed by atoms with Crippen LogP contribution in [0.1, 0.15) is 31.4 Å². The number of aromatic nitrogens is 2. The van der Waals surface area contributed by atoms with E-state index in [2.05, 4.69) is 5.10 Å². The lowest BCUT2D eigenvalue weighted by Gasteiger charge is -2.31. The highest BCUT2D eigenvalue weighted by Crippen LogP contribution is 2.21. The highest BCUT2D eigenvalue weighted by molar-refractivity contribution is 5.91. The van der Waals surface area contributed by atoms with E-state index >= 15 is 0 Å². The van der Waals surface area contributed by atoms with E-state index in [1.807, 2.05) is 18.0 Å². The van der Waals surface area contributed by atoms with Crippen LogP contribution in [0.25, 0.3) is 6.08 Å². The number of hydrogen-bond acceptors (Lipinski definition) is 3. The number of nitrogens with zero attached hydrogens (tertiary/aromatic N) is 3. The first-order valence-electron chi connectivity index (χ1n) is 7.23. The summed E-state index contributed by atoms with van der Waals surface area (Å²) in [5.74, 6) is -0.491. The van der Waals surface area contributed by atoms with Gasteiger partial charge in [0, 0.05) is 38.8 Å². The highest BCUT2D eigenvalue weighted by atomic mass is 16.4. The van der Waals surface area contributed by atoms with Crippen LogP contribution in [0.3, 0.4) is 0 Å². The standard InChI is InChI=1S/C15H21N3O3/c1-17-13(8-9-16-17)5-6-14(19)18-10-2-3-12(11-18)4-7-15(20)21/h5-6,8-9,12H,2-4,7,10-11H2,1H3,(H,20,21)/b6-5-/t12-/m0/s1. The minimum atomic E-state index is -0.769. The lowest BCUT2D eigenvalue weighted by atomic mass is 9.93. The first-order chi connectivity index (χ1) is 10.1. The van der Waals surface area contributed by atoms with Crippen molar-refractivity contribution in [3.05, 3.63) is 24.0 Å². The van der Waals surface area contributed by atoms with Crippen LogP contribution < -0.4 is 0 Å². The molecule has 2 heterocycles. The Morgan fingerprint density at radius 1 is 1.52 bits per heavy atom. The fraction of sp³-hybridized carbons (Fsp3) is 0.533. The molecule has 0 aromatic carbocycles. The van der Waals surface area contributed by atoms with Gasteiger partial charge in [-0.2, -0.15) is 5.10 Å². The van der Waals surface area contributed by atoms with Gasteiger partial charge in [-0.1, -0.05) is 0 Å². The van der Waals surface area contributed by atoms with E-state index in [0.717, 1.165) is 25.1 Å². The third-order valence-corrected chi connectivity index (χ3v) is 3.85. The number of likely N-dealkylation sites (tertiary alicyclic amines) is 1. The number of carboxylic acid groups (broad SMARTS) is 1. The second kappa shape index (κ2) is 7.06. The Kier molecular flexibility index (Phi) is 5.14. The maximum Gasteiger partial charge on any atom is 0.303 e. The van der Waals surface area contributed by atoms with Crippen molar-refractivity contribution in [2.45, 2.75) is 25.7 Å². The molecule has 0 unspecified atom stereocenters. The number of carbonyl (C=O) groups is 2. The van der Waals surface area contributed by atoms with Crippen LogP contribution in [0.4, 0.5) is 0 Å². The number of hydrogen-bond donors (Lipinski definition) is 1. The van der Waals surface area contributed by atoms with Gasteiger partial charge in [-0.05, 0) is 37.3 Å².